The lowest BCUT2D eigenvalue weighted by molar-refractivity contribution is 1.17. The van der Waals surface area contributed by atoms with Gasteiger partial charge in [-0.1, -0.05) is 109 Å². The van der Waals surface area contributed by atoms with Gasteiger partial charge in [0.05, 0.1) is 34.2 Å². The summed E-state index contributed by atoms with van der Waals surface area (Å²) in [6.07, 6.45) is 3.60. The Kier molecular flexibility index (Phi) is 7.41. The van der Waals surface area contributed by atoms with Crippen molar-refractivity contribution in [1.82, 2.24) is 24.9 Å². The minimum atomic E-state index is 0.645. The van der Waals surface area contributed by atoms with Gasteiger partial charge in [-0.25, -0.2) is 15.0 Å². The fourth-order valence-corrected chi connectivity index (χ4v) is 6.45. The predicted molar refractivity (Wildman–Crippen MR) is 203 cm³/mol. The van der Waals surface area contributed by atoms with E-state index in [1.54, 1.807) is 6.20 Å². The van der Waals surface area contributed by atoms with Crippen LogP contribution in [0.1, 0.15) is 0 Å². The van der Waals surface area contributed by atoms with Crippen LogP contribution < -0.4 is 0 Å². The SMILES string of the molecule is c1ccc(-c2cc(-c3ccccn3)nc(-c3ncccc3-c3cc(-c4ccc5ccccc5c4)nc(-c4ccc5ccccc5c4)n3)c2)cc1. The lowest BCUT2D eigenvalue weighted by Gasteiger charge is -2.14. The molecule has 0 radical (unpaired) electrons. The molecule has 9 aromatic rings. The van der Waals surface area contributed by atoms with Gasteiger partial charge in [-0.3, -0.25) is 9.97 Å². The van der Waals surface area contributed by atoms with Gasteiger partial charge in [-0.05, 0) is 87.3 Å². The lowest BCUT2D eigenvalue weighted by atomic mass is 9.99. The van der Waals surface area contributed by atoms with Gasteiger partial charge < -0.3 is 0 Å². The second-order valence-electron chi connectivity index (χ2n) is 12.2. The maximum atomic E-state index is 5.22. The Bertz CT molecular complexity index is 2500. The van der Waals surface area contributed by atoms with E-state index in [2.05, 4.69) is 126 Å². The first kappa shape index (κ1) is 29.3. The van der Waals surface area contributed by atoms with E-state index in [0.29, 0.717) is 5.82 Å². The number of benzene rings is 5. The molecule has 234 valence electrons. The third kappa shape index (κ3) is 5.67. The highest BCUT2D eigenvalue weighted by Crippen LogP contribution is 2.36. The largest absolute Gasteiger partial charge is 0.255 e. The summed E-state index contributed by atoms with van der Waals surface area (Å²) in [7, 11) is 0. The van der Waals surface area contributed by atoms with Gasteiger partial charge in [0.25, 0.3) is 0 Å². The molecule has 5 heteroatoms. The van der Waals surface area contributed by atoms with Gasteiger partial charge in [-0.15, -0.1) is 0 Å². The van der Waals surface area contributed by atoms with Crippen LogP contribution in [-0.4, -0.2) is 24.9 Å². The van der Waals surface area contributed by atoms with Gasteiger partial charge in [-0.2, -0.15) is 0 Å². The molecule has 0 aliphatic heterocycles. The smallest absolute Gasteiger partial charge is 0.160 e. The molecular formula is C45H29N5. The van der Waals surface area contributed by atoms with E-state index in [0.717, 1.165) is 72.8 Å². The first-order valence-corrected chi connectivity index (χ1v) is 16.6. The minimum Gasteiger partial charge on any atom is -0.255 e. The molecule has 0 N–H and O–H groups in total. The van der Waals surface area contributed by atoms with Crippen LogP contribution in [-0.2, 0) is 0 Å². The fourth-order valence-electron chi connectivity index (χ4n) is 6.45. The van der Waals surface area contributed by atoms with Crippen LogP contribution in [0.25, 0.3) is 89.4 Å². The molecule has 0 fully saturated rings. The summed E-state index contributed by atoms with van der Waals surface area (Å²) in [5.74, 6) is 0.645. The first-order chi connectivity index (χ1) is 24.7. The predicted octanol–water partition coefficient (Wildman–Crippen LogP) is 11.0. The molecule has 4 aromatic heterocycles. The summed E-state index contributed by atoms with van der Waals surface area (Å²) in [4.78, 5) is 25.1. The first-order valence-electron chi connectivity index (χ1n) is 16.6. The summed E-state index contributed by atoms with van der Waals surface area (Å²) >= 11 is 0. The monoisotopic (exact) mass is 639 g/mol. The third-order valence-electron chi connectivity index (χ3n) is 8.97. The van der Waals surface area contributed by atoms with Crippen molar-refractivity contribution in [2.75, 3.05) is 0 Å². The van der Waals surface area contributed by atoms with E-state index >= 15 is 0 Å². The normalized spacial score (nSPS) is 11.2. The molecule has 0 atom stereocenters. The molecule has 0 aliphatic carbocycles. The molecule has 0 aliphatic rings. The van der Waals surface area contributed by atoms with Crippen molar-refractivity contribution in [3.05, 3.63) is 176 Å². The number of hydrogen-bond acceptors (Lipinski definition) is 5. The lowest BCUT2D eigenvalue weighted by Crippen LogP contribution is -1.99. The van der Waals surface area contributed by atoms with Crippen LogP contribution in [0.5, 0.6) is 0 Å². The third-order valence-corrected chi connectivity index (χ3v) is 8.97. The van der Waals surface area contributed by atoms with Crippen molar-refractivity contribution < 1.29 is 0 Å². The van der Waals surface area contributed by atoms with Gasteiger partial charge in [0.2, 0.25) is 0 Å². The second kappa shape index (κ2) is 12.6. The molecule has 0 spiro atoms. The van der Waals surface area contributed by atoms with Gasteiger partial charge in [0.15, 0.2) is 5.82 Å². The molecule has 0 unspecified atom stereocenters. The summed E-state index contributed by atoms with van der Waals surface area (Å²) in [6.45, 7) is 0. The topological polar surface area (TPSA) is 64.5 Å². The van der Waals surface area contributed by atoms with Crippen LogP contribution in [0.15, 0.2) is 176 Å². The molecule has 5 nitrogen and oxygen atoms in total. The van der Waals surface area contributed by atoms with E-state index in [1.165, 1.54) is 10.8 Å². The van der Waals surface area contributed by atoms with E-state index in [-0.39, 0.29) is 0 Å². The highest BCUT2D eigenvalue weighted by Gasteiger charge is 2.18. The maximum absolute atomic E-state index is 5.22. The zero-order valence-electron chi connectivity index (χ0n) is 27.0. The molecule has 0 saturated carbocycles. The van der Waals surface area contributed by atoms with Crippen LogP contribution in [0.3, 0.4) is 0 Å². The Morgan fingerprint density at radius 1 is 0.300 bits per heavy atom. The molecule has 0 bridgehead atoms. The van der Waals surface area contributed by atoms with E-state index in [9.17, 15) is 0 Å². The van der Waals surface area contributed by atoms with Crippen LogP contribution in [0, 0.1) is 0 Å². The van der Waals surface area contributed by atoms with E-state index < -0.39 is 0 Å². The molecular weight excluding hydrogens is 611 g/mol. The van der Waals surface area contributed by atoms with Crippen LogP contribution in [0.2, 0.25) is 0 Å². The molecule has 0 amide bonds. The zero-order chi connectivity index (χ0) is 33.3. The average molecular weight is 640 g/mol. The number of fused-ring (bicyclic) bond motifs is 2. The van der Waals surface area contributed by atoms with Crippen molar-refractivity contribution in [3.63, 3.8) is 0 Å². The summed E-state index contributed by atoms with van der Waals surface area (Å²) in [6, 6.07) is 56.1. The number of pyridine rings is 3. The Balaban J connectivity index is 1.26. The average Bonchev–Trinajstić information content (AvgIpc) is 3.21. The summed E-state index contributed by atoms with van der Waals surface area (Å²) in [5.41, 5.74) is 9.58. The van der Waals surface area contributed by atoms with Crippen molar-refractivity contribution in [2.24, 2.45) is 0 Å². The molecule has 0 saturated heterocycles. The number of hydrogen-bond donors (Lipinski definition) is 0. The van der Waals surface area contributed by atoms with E-state index in [4.69, 9.17) is 19.9 Å². The van der Waals surface area contributed by atoms with Gasteiger partial charge in [0.1, 0.15) is 0 Å². The van der Waals surface area contributed by atoms with Crippen molar-refractivity contribution in [3.8, 4) is 67.8 Å². The Morgan fingerprint density at radius 2 is 0.940 bits per heavy atom. The van der Waals surface area contributed by atoms with Crippen molar-refractivity contribution in [2.45, 2.75) is 0 Å². The highest BCUT2D eigenvalue weighted by molar-refractivity contribution is 5.90. The second-order valence-corrected chi connectivity index (χ2v) is 12.2. The van der Waals surface area contributed by atoms with Gasteiger partial charge >= 0.3 is 0 Å². The van der Waals surface area contributed by atoms with Crippen molar-refractivity contribution >= 4 is 21.5 Å². The summed E-state index contributed by atoms with van der Waals surface area (Å²) < 4.78 is 0. The number of aromatic nitrogens is 5. The highest BCUT2D eigenvalue weighted by atomic mass is 14.9. The van der Waals surface area contributed by atoms with Crippen molar-refractivity contribution in [1.29, 1.82) is 0 Å². The molecule has 5 aromatic carbocycles. The molecule has 4 heterocycles. The zero-order valence-corrected chi connectivity index (χ0v) is 27.0. The van der Waals surface area contributed by atoms with Gasteiger partial charge in [0, 0.05) is 29.1 Å². The van der Waals surface area contributed by atoms with E-state index in [1.807, 2.05) is 48.7 Å². The number of rotatable bonds is 6. The Labute approximate surface area is 289 Å². The summed E-state index contributed by atoms with van der Waals surface area (Å²) in [5, 5.41) is 4.65. The maximum Gasteiger partial charge on any atom is 0.160 e. The minimum absolute atomic E-state index is 0.645. The van der Waals surface area contributed by atoms with Crippen LogP contribution in [0.4, 0.5) is 0 Å². The quantitative estimate of drug-likeness (QED) is 0.181. The standard InChI is InChI=1S/C45H29N5/c1-2-11-30(12-3-1)37-27-42(39-18-8-9-23-46-39)48-43(28-37)44-38(17-10-24-47-44)41-29-40(35-21-19-31-13-4-6-15-33(31)25-35)49-45(50-41)36-22-20-32-14-5-7-16-34(32)26-36/h1-29H. The molecule has 50 heavy (non-hydrogen) atoms. The number of nitrogens with zero attached hydrogens (tertiary/aromatic N) is 5. The Hall–Kier alpha value is -6.85. The van der Waals surface area contributed by atoms with Crippen LogP contribution >= 0.6 is 0 Å². The Morgan fingerprint density at radius 3 is 1.70 bits per heavy atom. The molecule has 9 rings (SSSR count). The fraction of sp³-hybridized carbons (Fsp3) is 0.